The third kappa shape index (κ3) is 30.5. The highest BCUT2D eigenvalue weighted by molar-refractivity contribution is 5.88. The Bertz CT molecular complexity index is 829. The van der Waals surface area contributed by atoms with Gasteiger partial charge in [0.25, 0.3) is 0 Å². The van der Waals surface area contributed by atoms with E-state index in [2.05, 4.69) is 45.3 Å². The summed E-state index contributed by atoms with van der Waals surface area (Å²) in [6.45, 7) is 11.9. The fourth-order valence-corrected chi connectivity index (χ4v) is 7.75. The predicted octanol–water partition coefficient (Wildman–Crippen LogP) is 13.0. The number of amides is 2. The highest BCUT2D eigenvalue weighted by atomic mass is 16.3. The van der Waals surface area contributed by atoms with Gasteiger partial charge < -0.3 is 15.7 Å². The lowest BCUT2D eigenvalue weighted by Gasteiger charge is -2.23. The lowest BCUT2D eigenvalue weighted by molar-refractivity contribution is -0.131. The number of carbonyl (C=O) groups is 3. The van der Waals surface area contributed by atoms with Crippen LogP contribution >= 0.6 is 0 Å². The average Bonchev–Trinajstić information content (AvgIpc) is 3.16. The Morgan fingerprint density at radius 3 is 1.36 bits per heavy atom. The predicted molar refractivity (Wildman–Crippen MR) is 228 cm³/mol. The van der Waals surface area contributed by atoms with E-state index in [4.69, 9.17) is 0 Å². The van der Waals surface area contributed by atoms with Crippen LogP contribution in [0.5, 0.6) is 0 Å². The van der Waals surface area contributed by atoms with Crippen molar-refractivity contribution in [3.8, 4) is 0 Å². The van der Waals surface area contributed by atoms with Crippen molar-refractivity contribution in [2.45, 2.75) is 253 Å². The molecule has 0 aliphatic rings. The molecule has 2 amide bonds. The number of hydrogen-bond donors (Lipinski definition) is 3. The molecule has 0 saturated heterocycles. The second-order valence-electron chi connectivity index (χ2n) is 16.6. The van der Waals surface area contributed by atoms with Crippen molar-refractivity contribution >= 4 is 17.6 Å². The molecule has 0 fully saturated rings. The molecule has 53 heavy (non-hydrogen) atoms. The van der Waals surface area contributed by atoms with E-state index in [9.17, 15) is 19.5 Å². The van der Waals surface area contributed by atoms with Gasteiger partial charge in [-0.1, -0.05) is 189 Å². The van der Waals surface area contributed by atoms with Crippen molar-refractivity contribution in [1.29, 1.82) is 0 Å². The van der Waals surface area contributed by atoms with Gasteiger partial charge in [-0.2, -0.15) is 0 Å². The van der Waals surface area contributed by atoms with Crippen LogP contribution < -0.4 is 10.6 Å². The van der Waals surface area contributed by atoms with E-state index >= 15 is 0 Å². The first-order chi connectivity index (χ1) is 25.9. The maximum absolute atomic E-state index is 13.8. The molecular formula is C47H92N2O4. The number of ketones is 1. The summed E-state index contributed by atoms with van der Waals surface area (Å²) in [6, 6.07) is -0.527. The minimum atomic E-state index is -0.527. The van der Waals surface area contributed by atoms with Crippen LogP contribution in [0.25, 0.3) is 0 Å². The Kier molecular flexibility index (Phi) is 37.8. The summed E-state index contributed by atoms with van der Waals surface area (Å²) in [7, 11) is 0. The van der Waals surface area contributed by atoms with E-state index in [1.165, 1.54) is 103 Å². The third-order valence-corrected chi connectivity index (χ3v) is 11.7. The monoisotopic (exact) mass is 749 g/mol. The SMILES string of the molecule is CCCCCCCCC(CCCCCC)C(=O)CCCCC[C@H](NC(=O)C(CCCCCC)CCCCCCCC)C(=O)NCCCCC(CC)CO. The van der Waals surface area contributed by atoms with E-state index in [1.54, 1.807) is 0 Å². The van der Waals surface area contributed by atoms with Gasteiger partial charge in [0.2, 0.25) is 11.8 Å². The van der Waals surface area contributed by atoms with Gasteiger partial charge in [0, 0.05) is 31.4 Å². The first-order valence-electron chi connectivity index (χ1n) is 23.6. The number of nitrogens with one attached hydrogen (secondary N) is 2. The molecule has 0 aromatic heterocycles. The Labute approximate surface area is 330 Å². The zero-order valence-corrected chi connectivity index (χ0v) is 36.2. The lowest BCUT2D eigenvalue weighted by atomic mass is 9.88. The molecule has 6 nitrogen and oxygen atoms in total. The maximum Gasteiger partial charge on any atom is 0.242 e. The first-order valence-corrected chi connectivity index (χ1v) is 23.6. The van der Waals surface area contributed by atoms with Gasteiger partial charge in [0.15, 0.2) is 0 Å². The summed E-state index contributed by atoms with van der Waals surface area (Å²) >= 11 is 0. The number of Topliss-reactive ketones (excluding diaryl/α,β-unsaturated/α-hetero) is 1. The molecule has 6 heteroatoms. The van der Waals surface area contributed by atoms with Crippen molar-refractivity contribution in [3.05, 3.63) is 0 Å². The van der Waals surface area contributed by atoms with Gasteiger partial charge in [-0.15, -0.1) is 0 Å². The lowest BCUT2D eigenvalue weighted by Crippen LogP contribution is -2.48. The second-order valence-corrected chi connectivity index (χ2v) is 16.6. The zero-order valence-electron chi connectivity index (χ0n) is 36.2. The summed E-state index contributed by atoms with van der Waals surface area (Å²) in [4.78, 5) is 40.7. The Morgan fingerprint density at radius 2 is 0.868 bits per heavy atom. The molecule has 0 bridgehead atoms. The van der Waals surface area contributed by atoms with Gasteiger partial charge in [0.1, 0.15) is 11.8 Å². The van der Waals surface area contributed by atoms with Crippen molar-refractivity contribution in [1.82, 2.24) is 10.6 Å². The maximum atomic E-state index is 13.8. The minimum absolute atomic E-state index is 0.0312. The number of aliphatic hydroxyl groups excluding tert-OH is 1. The van der Waals surface area contributed by atoms with Gasteiger partial charge >= 0.3 is 0 Å². The summed E-state index contributed by atoms with van der Waals surface area (Å²) in [5.41, 5.74) is 0. The number of unbranched alkanes of at least 4 members (excludes halogenated alkanes) is 19. The van der Waals surface area contributed by atoms with Crippen LogP contribution in [0.4, 0.5) is 0 Å². The van der Waals surface area contributed by atoms with Gasteiger partial charge in [-0.05, 0) is 57.3 Å². The summed E-state index contributed by atoms with van der Waals surface area (Å²) < 4.78 is 0. The quantitative estimate of drug-likeness (QED) is 0.0543. The van der Waals surface area contributed by atoms with Crippen LogP contribution in [0.3, 0.4) is 0 Å². The molecule has 0 spiro atoms. The Balaban J connectivity index is 5.28. The van der Waals surface area contributed by atoms with E-state index < -0.39 is 6.04 Å². The largest absolute Gasteiger partial charge is 0.396 e. The third-order valence-electron chi connectivity index (χ3n) is 11.7. The van der Waals surface area contributed by atoms with Gasteiger partial charge in [0.05, 0.1) is 0 Å². The standard InChI is InChI=1S/C47H92N2O4/c1-6-11-15-19-21-26-34-42(33-24-17-13-8-3)45(51)38-29-23-28-37-44(47(53)48-39-31-30-32-41(10-5)40-50)49-46(52)43(35-25-18-14-9-4)36-27-22-20-16-12-7-2/h41-44,50H,6-40H2,1-5H3,(H,48,53)(H,49,52)/t41?,42?,43?,44-/m0/s1. The molecule has 3 unspecified atom stereocenters. The van der Waals surface area contributed by atoms with Crippen molar-refractivity contribution in [3.63, 3.8) is 0 Å². The topological polar surface area (TPSA) is 95.5 Å². The van der Waals surface area contributed by atoms with Crippen LogP contribution in [0.2, 0.25) is 0 Å². The highest BCUT2D eigenvalue weighted by Gasteiger charge is 2.25. The zero-order chi connectivity index (χ0) is 39.2. The Morgan fingerprint density at radius 1 is 0.453 bits per heavy atom. The molecule has 0 heterocycles. The molecule has 0 saturated carbocycles. The summed E-state index contributed by atoms with van der Waals surface area (Å²) in [5, 5.41) is 15.9. The van der Waals surface area contributed by atoms with Crippen LogP contribution in [0.1, 0.15) is 247 Å². The number of hydrogen-bond acceptors (Lipinski definition) is 4. The van der Waals surface area contributed by atoms with Crippen LogP contribution in [-0.4, -0.2) is 41.9 Å². The van der Waals surface area contributed by atoms with Gasteiger partial charge in [-0.25, -0.2) is 0 Å². The number of carbonyl (C=O) groups excluding carboxylic acids is 3. The van der Waals surface area contributed by atoms with Crippen LogP contribution in [0, 0.1) is 17.8 Å². The van der Waals surface area contributed by atoms with Crippen molar-refractivity contribution in [2.24, 2.45) is 17.8 Å². The fourth-order valence-electron chi connectivity index (χ4n) is 7.75. The molecule has 0 aliphatic heterocycles. The molecule has 0 aromatic rings. The first kappa shape index (κ1) is 51.6. The summed E-state index contributed by atoms with van der Waals surface area (Å²) in [6.07, 6.45) is 35.9. The van der Waals surface area contributed by atoms with E-state index in [1.807, 2.05) is 0 Å². The van der Waals surface area contributed by atoms with Gasteiger partial charge in [-0.3, -0.25) is 14.4 Å². The van der Waals surface area contributed by atoms with Crippen LogP contribution in [0.15, 0.2) is 0 Å². The Hall–Kier alpha value is -1.43. The molecule has 0 rings (SSSR count). The van der Waals surface area contributed by atoms with Crippen molar-refractivity contribution < 1.29 is 19.5 Å². The van der Waals surface area contributed by atoms with Crippen LogP contribution in [-0.2, 0) is 14.4 Å². The van der Waals surface area contributed by atoms with Crippen molar-refractivity contribution in [2.75, 3.05) is 13.2 Å². The van der Waals surface area contributed by atoms with E-state index in [-0.39, 0.29) is 30.3 Å². The van der Waals surface area contributed by atoms with E-state index in [0.29, 0.717) is 31.1 Å². The second kappa shape index (κ2) is 38.8. The highest BCUT2D eigenvalue weighted by Crippen LogP contribution is 2.23. The van der Waals surface area contributed by atoms with E-state index in [0.717, 1.165) is 96.3 Å². The smallest absolute Gasteiger partial charge is 0.242 e. The minimum Gasteiger partial charge on any atom is -0.396 e. The average molecular weight is 749 g/mol. The molecule has 0 aromatic carbocycles. The molecule has 3 N–H and O–H groups in total. The molecule has 314 valence electrons. The molecule has 0 aliphatic carbocycles. The molecular weight excluding hydrogens is 657 g/mol. The summed E-state index contributed by atoms with van der Waals surface area (Å²) in [5.74, 6) is 0.943. The molecule has 4 atom stereocenters. The molecule has 0 radical (unpaired) electrons. The number of aliphatic hydroxyl groups is 1. The number of rotatable bonds is 41. The fraction of sp³-hybridized carbons (Fsp3) is 0.936. The normalized spacial score (nSPS) is 13.8.